The van der Waals surface area contributed by atoms with Crippen LogP contribution in [0.1, 0.15) is 34.6 Å². The quantitative estimate of drug-likeness (QED) is 0.324. The molecule has 0 heterocycles. The molecule has 0 saturated heterocycles. The van der Waals surface area contributed by atoms with E-state index in [1.807, 2.05) is 97.1 Å². The fourth-order valence-electron chi connectivity index (χ4n) is 4.59. The van der Waals surface area contributed by atoms with E-state index in [4.69, 9.17) is 0 Å². The number of hydrogen-bond donors (Lipinski definition) is 1. The molecule has 4 nitrogen and oxygen atoms in total. The van der Waals surface area contributed by atoms with Gasteiger partial charge < -0.3 is 10.2 Å². The smallest absolute Gasteiger partial charge is 0.242 e. The maximum atomic E-state index is 14.1. The Morgan fingerprint density at radius 1 is 0.667 bits per heavy atom. The van der Waals surface area contributed by atoms with Gasteiger partial charge in [-0.1, -0.05) is 121 Å². The van der Waals surface area contributed by atoms with Gasteiger partial charge in [0.15, 0.2) is 0 Å². The number of hydrogen-bond acceptors (Lipinski definition) is 2. The first-order valence-electron chi connectivity index (χ1n) is 12.3. The Morgan fingerprint density at radius 2 is 1.11 bits per heavy atom. The van der Waals surface area contributed by atoms with E-state index in [1.54, 1.807) is 11.9 Å². The van der Waals surface area contributed by atoms with Gasteiger partial charge in [-0.3, -0.25) is 9.59 Å². The number of carbonyl (C=O) groups excluding carboxylic acids is 2. The number of nitrogens with zero attached hydrogens (tertiary/aromatic N) is 1. The van der Waals surface area contributed by atoms with Gasteiger partial charge in [0, 0.05) is 32.4 Å². The topological polar surface area (TPSA) is 49.4 Å². The minimum Gasteiger partial charge on any atom is -0.357 e. The van der Waals surface area contributed by atoms with Crippen LogP contribution in [0.4, 0.5) is 0 Å². The summed E-state index contributed by atoms with van der Waals surface area (Å²) in [6, 6.07) is 39.3. The number of carbonyl (C=O) groups is 2. The van der Waals surface area contributed by atoms with Crippen LogP contribution < -0.4 is 5.32 Å². The highest BCUT2D eigenvalue weighted by Gasteiger charge is 2.31. The van der Waals surface area contributed by atoms with Crippen molar-refractivity contribution in [1.82, 2.24) is 10.2 Å². The van der Waals surface area contributed by atoms with Crippen molar-refractivity contribution in [3.05, 3.63) is 144 Å². The largest absolute Gasteiger partial charge is 0.357 e. The van der Waals surface area contributed by atoms with Crippen LogP contribution in [0.15, 0.2) is 121 Å². The lowest BCUT2D eigenvalue weighted by Gasteiger charge is -2.32. The van der Waals surface area contributed by atoms with Gasteiger partial charge in [0.1, 0.15) is 6.04 Å². The van der Waals surface area contributed by atoms with Gasteiger partial charge in [0.2, 0.25) is 11.8 Å². The third-order valence-corrected chi connectivity index (χ3v) is 6.50. The minimum absolute atomic E-state index is 0.0545. The standard InChI is InChI=1S/C32H32N2O2/c1-33-32(36)30(22-25-14-6-2-7-15-25)34(24-26-16-8-3-9-17-26)31(35)23-29(27-18-10-4-11-19-27)28-20-12-5-13-21-28/h2-21,29-30H,22-24H2,1H3,(H,33,36)/t30-/m1/s1. The Labute approximate surface area is 213 Å². The molecule has 4 aromatic rings. The van der Waals surface area contributed by atoms with Gasteiger partial charge in [-0.15, -0.1) is 0 Å². The van der Waals surface area contributed by atoms with Gasteiger partial charge in [0.05, 0.1) is 0 Å². The SMILES string of the molecule is CNC(=O)[C@@H](Cc1ccccc1)N(Cc1ccccc1)C(=O)CC(c1ccccc1)c1ccccc1. The lowest BCUT2D eigenvalue weighted by atomic mass is 9.87. The van der Waals surface area contributed by atoms with Crippen LogP contribution in [-0.2, 0) is 22.6 Å². The summed E-state index contributed by atoms with van der Waals surface area (Å²) in [7, 11) is 1.63. The van der Waals surface area contributed by atoms with Crippen LogP contribution in [0.3, 0.4) is 0 Å². The van der Waals surface area contributed by atoms with Crippen LogP contribution in [0.25, 0.3) is 0 Å². The predicted octanol–water partition coefficient (Wildman–Crippen LogP) is 5.59. The highest BCUT2D eigenvalue weighted by atomic mass is 16.2. The van der Waals surface area contributed by atoms with Crippen molar-refractivity contribution in [1.29, 1.82) is 0 Å². The second kappa shape index (κ2) is 12.5. The second-order valence-electron chi connectivity index (χ2n) is 8.91. The molecule has 0 bridgehead atoms. The minimum atomic E-state index is -0.627. The summed E-state index contributed by atoms with van der Waals surface area (Å²) in [5.41, 5.74) is 4.16. The Hall–Kier alpha value is -4.18. The molecule has 0 aromatic heterocycles. The first-order valence-corrected chi connectivity index (χ1v) is 12.3. The molecule has 0 aliphatic carbocycles. The van der Waals surface area contributed by atoms with Gasteiger partial charge in [-0.2, -0.15) is 0 Å². The van der Waals surface area contributed by atoms with Gasteiger partial charge >= 0.3 is 0 Å². The molecule has 0 spiro atoms. The molecule has 182 valence electrons. The van der Waals surface area contributed by atoms with Crippen molar-refractivity contribution in [2.75, 3.05) is 7.05 Å². The molecular formula is C32H32N2O2. The van der Waals surface area contributed by atoms with E-state index in [0.717, 1.165) is 22.3 Å². The van der Waals surface area contributed by atoms with Crippen LogP contribution in [0.2, 0.25) is 0 Å². The summed E-state index contributed by atoms with van der Waals surface area (Å²) < 4.78 is 0. The average molecular weight is 477 g/mol. The van der Waals surface area contributed by atoms with E-state index in [2.05, 4.69) is 29.6 Å². The number of benzene rings is 4. The second-order valence-corrected chi connectivity index (χ2v) is 8.91. The van der Waals surface area contributed by atoms with E-state index in [1.165, 1.54) is 0 Å². The summed E-state index contributed by atoms with van der Waals surface area (Å²) in [4.78, 5) is 29.0. The van der Waals surface area contributed by atoms with E-state index < -0.39 is 6.04 Å². The molecule has 0 saturated carbocycles. The molecule has 4 heteroatoms. The van der Waals surface area contributed by atoms with E-state index in [-0.39, 0.29) is 24.2 Å². The molecular weight excluding hydrogens is 444 g/mol. The Balaban J connectivity index is 1.70. The van der Waals surface area contributed by atoms with E-state index in [0.29, 0.717) is 13.0 Å². The van der Waals surface area contributed by atoms with E-state index >= 15 is 0 Å². The molecule has 36 heavy (non-hydrogen) atoms. The lowest BCUT2D eigenvalue weighted by molar-refractivity contribution is -0.141. The molecule has 4 aromatic carbocycles. The third kappa shape index (κ3) is 6.48. The van der Waals surface area contributed by atoms with Crippen molar-refractivity contribution < 1.29 is 9.59 Å². The molecule has 2 amide bonds. The summed E-state index contributed by atoms with van der Waals surface area (Å²) in [5, 5.41) is 2.79. The van der Waals surface area contributed by atoms with Crippen molar-refractivity contribution >= 4 is 11.8 Å². The highest BCUT2D eigenvalue weighted by Crippen LogP contribution is 2.29. The maximum absolute atomic E-state index is 14.1. The molecule has 0 unspecified atom stereocenters. The van der Waals surface area contributed by atoms with Gasteiger partial charge in [-0.05, 0) is 22.3 Å². The number of amides is 2. The van der Waals surface area contributed by atoms with Gasteiger partial charge in [-0.25, -0.2) is 0 Å². The highest BCUT2D eigenvalue weighted by molar-refractivity contribution is 5.88. The van der Waals surface area contributed by atoms with Crippen LogP contribution in [0.5, 0.6) is 0 Å². The van der Waals surface area contributed by atoms with Crippen LogP contribution in [0, 0.1) is 0 Å². The van der Waals surface area contributed by atoms with Crippen molar-refractivity contribution in [2.45, 2.75) is 31.3 Å². The van der Waals surface area contributed by atoms with Crippen LogP contribution >= 0.6 is 0 Å². The molecule has 0 aliphatic heterocycles. The van der Waals surface area contributed by atoms with Crippen LogP contribution in [-0.4, -0.2) is 29.8 Å². The molecule has 4 rings (SSSR count). The Morgan fingerprint density at radius 3 is 1.58 bits per heavy atom. The van der Waals surface area contributed by atoms with Gasteiger partial charge in [0.25, 0.3) is 0 Å². The Bertz CT molecular complexity index is 1190. The van der Waals surface area contributed by atoms with Crippen molar-refractivity contribution in [3.63, 3.8) is 0 Å². The Kier molecular flexibility index (Phi) is 8.66. The summed E-state index contributed by atoms with van der Waals surface area (Å²) in [5.74, 6) is -0.333. The van der Waals surface area contributed by atoms with Crippen molar-refractivity contribution in [2.24, 2.45) is 0 Å². The number of likely N-dealkylation sites (N-methyl/N-ethyl adjacent to an activating group) is 1. The normalized spacial score (nSPS) is 11.6. The molecule has 1 atom stereocenters. The summed E-state index contributed by atoms with van der Waals surface area (Å²) >= 11 is 0. The first-order chi connectivity index (χ1) is 17.7. The number of rotatable bonds is 10. The molecule has 0 radical (unpaired) electrons. The van der Waals surface area contributed by atoms with Crippen molar-refractivity contribution in [3.8, 4) is 0 Å². The molecule has 0 fully saturated rings. The first kappa shape index (κ1) is 24.9. The molecule has 1 N–H and O–H groups in total. The fraction of sp³-hybridized carbons (Fsp3) is 0.188. The lowest BCUT2D eigenvalue weighted by Crippen LogP contribution is -2.50. The van der Waals surface area contributed by atoms with E-state index in [9.17, 15) is 9.59 Å². The molecule has 0 aliphatic rings. The zero-order valence-corrected chi connectivity index (χ0v) is 20.6. The summed E-state index contributed by atoms with van der Waals surface area (Å²) in [6.07, 6.45) is 0.712. The fourth-order valence-corrected chi connectivity index (χ4v) is 4.59. The third-order valence-electron chi connectivity index (χ3n) is 6.50. The number of nitrogens with one attached hydrogen (secondary N) is 1. The monoisotopic (exact) mass is 476 g/mol. The zero-order chi connectivity index (χ0) is 25.2. The maximum Gasteiger partial charge on any atom is 0.242 e. The zero-order valence-electron chi connectivity index (χ0n) is 20.6. The average Bonchev–Trinajstić information content (AvgIpc) is 2.95. The summed E-state index contributed by atoms with van der Waals surface area (Å²) in [6.45, 7) is 0.362. The predicted molar refractivity (Wildman–Crippen MR) is 144 cm³/mol.